The third-order valence-corrected chi connectivity index (χ3v) is 2.59. The summed E-state index contributed by atoms with van der Waals surface area (Å²) >= 11 is 0. The van der Waals surface area contributed by atoms with E-state index in [4.69, 9.17) is 4.42 Å². The molecule has 0 radical (unpaired) electrons. The van der Waals surface area contributed by atoms with E-state index in [2.05, 4.69) is 15.2 Å². The minimum absolute atomic E-state index is 0.786. The molecule has 1 aliphatic heterocycles. The summed E-state index contributed by atoms with van der Waals surface area (Å²) in [6.07, 6.45) is 5.95. The molecule has 0 amide bonds. The fraction of sp³-hybridized carbons (Fsp3) is 0.700. The molecule has 2 heterocycles. The van der Waals surface area contributed by atoms with Gasteiger partial charge in [-0.05, 0) is 25.9 Å². The second-order valence-electron chi connectivity index (χ2n) is 3.69. The molecule has 2 rings (SSSR count). The Balaban J connectivity index is 1.55. The minimum atomic E-state index is 0.786. The predicted molar refractivity (Wildman–Crippen MR) is 53.9 cm³/mol. The fourth-order valence-electron chi connectivity index (χ4n) is 1.78. The molecule has 1 N–H and O–H groups in total. The number of nitrogens with zero attached hydrogens (tertiary/aromatic N) is 2. The Kier molecular flexibility index (Phi) is 3.54. The first-order valence-corrected chi connectivity index (χ1v) is 5.25. The summed E-state index contributed by atoms with van der Waals surface area (Å²) in [5.74, 6) is 0.909. The Bertz CT molecular complexity index is 242. The van der Waals surface area contributed by atoms with E-state index >= 15 is 0 Å². The van der Waals surface area contributed by atoms with Crippen LogP contribution < -0.4 is 5.32 Å². The lowest BCUT2D eigenvalue weighted by Gasteiger charge is -2.13. The zero-order chi connectivity index (χ0) is 9.64. The van der Waals surface area contributed by atoms with Gasteiger partial charge >= 0.3 is 0 Å². The van der Waals surface area contributed by atoms with Crippen LogP contribution in [0.15, 0.2) is 17.0 Å². The smallest absolute Gasteiger partial charge is 0.180 e. The quantitative estimate of drug-likeness (QED) is 0.707. The summed E-state index contributed by atoms with van der Waals surface area (Å²) in [7, 11) is 0. The third kappa shape index (κ3) is 2.82. The highest BCUT2D eigenvalue weighted by Crippen LogP contribution is 2.05. The maximum absolute atomic E-state index is 5.12. The van der Waals surface area contributed by atoms with Crippen LogP contribution in [0, 0.1) is 0 Å². The monoisotopic (exact) mass is 195 g/mol. The molecule has 1 aromatic heterocycles. The standard InChI is InChI=1S/C10H17N3O/c1-2-5-13(4-1)6-3-11-7-10-8-12-9-14-10/h8-9,11H,1-7H2. The van der Waals surface area contributed by atoms with E-state index < -0.39 is 0 Å². The van der Waals surface area contributed by atoms with Gasteiger partial charge in [-0.2, -0.15) is 0 Å². The van der Waals surface area contributed by atoms with E-state index in [1.165, 1.54) is 32.3 Å². The van der Waals surface area contributed by atoms with Crippen molar-refractivity contribution in [2.45, 2.75) is 19.4 Å². The number of likely N-dealkylation sites (tertiary alicyclic amines) is 1. The van der Waals surface area contributed by atoms with Gasteiger partial charge in [-0.3, -0.25) is 0 Å². The Morgan fingerprint density at radius 1 is 1.43 bits per heavy atom. The molecular formula is C10H17N3O. The molecule has 0 aliphatic carbocycles. The zero-order valence-electron chi connectivity index (χ0n) is 8.41. The van der Waals surface area contributed by atoms with Gasteiger partial charge in [0, 0.05) is 13.1 Å². The first-order valence-electron chi connectivity index (χ1n) is 5.25. The van der Waals surface area contributed by atoms with Crippen LogP contribution in [0.3, 0.4) is 0 Å². The second kappa shape index (κ2) is 5.12. The number of oxazole rings is 1. The predicted octanol–water partition coefficient (Wildman–Crippen LogP) is 0.860. The summed E-state index contributed by atoms with van der Waals surface area (Å²) in [6.45, 7) is 5.50. The lowest BCUT2D eigenvalue weighted by atomic mass is 10.4. The topological polar surface area (TPSA) is 41.3 Å². The van der Waals surface area contributed by atoms with Crippen LogP contribution in [0.2, 0.25) is 0 Å². The van der Waals surface area contributed by atoms with Crippen LogP contribution in [0.4, 0.5) is 0 Å². The second-order valence-corrected chi connectivity index (χ2v) is 3.69. The van der Waals surface area contributed by atoms with Crippen molar-refractivity contribution in [1.82, 2.24) is 15.2 Å². The fourth-order valence-corrected chi connectivity index (χ4v) is 1.78. The van der Waals surface area contributed by atoms with Crippen molar-refractivity contribution in [3.8, 4) is 0 Å². The maximum atomic E-state index is 5.12. The summed E-state index contributed by atoms with van der Waals surface area (Å²) in [5, 5.41) is 3.34. The molecule has 14 heavy (non-hydrogen) atoms. The minimum Gasteiger partial charge on any atom is -0.447 e. The van der Waals surface area contributed by atoms with Gasteiger partial charge in [-0.1, -0.05) is 0 Å². The van der Waals surface area contributed by atoms with E-state index in [9.17, 15) is 0 Å². The van der Waals surface area contributed by atoms with E-state index in [1.807, 2.05) is 0 Å². The van der Waals surface area contributed by atoms with Gasteiger partial charge in [-0.25, -0.2) is 4.98 Å². The molecule has 1 aromatic rings. The van der Waals surface area contributed by atoms with Crippen molar-refractivity contribution >= 4 is 0 Å². The third-order valence-electron chi connectivity index (χ3n) is 2.59. The molecule has 1 fully saturated rings. The lowest BCUT2D eigenvalue weighted by molar-refractivity contribution is 0.332. The normalized spacial score (nSPS) is 17.7. The Morgan fingerprint density at radius 2 is 2.29 bits per heavy atom. The van der Waals surface area contributed by atoms with Crippen molar-refractivity contribution in [3.05, 3.63) is 18.4 Å². The summed E-state index contributed by atoms with van der Waals surface area (Å²) < 4.78 is 5.12. The van der Waals surface area contributed by atoms with Gasteiger partial charge in [0.1, 0.15) is 5.76 Å². The summed E-state index contributed by atoms with van der Waals surface area (Å²) in [6, 6.07) is 0. The van der Waals surface area contributed by atoms with E-state index in [1.54, 1.807) is 6.20 Å². The highest BCUT2D eigenvalue weighted by atomic mass is 16.3. The van der Waals surface area contributed by atoms with Gasteiger partial charge in [0.15, 0.2) is 6.39 Å². The molecule has 0 bridgehead atoms. The molecule has 1 aliphatic rings. The van der Waals surface area contributed by atoms with Crippen molar-refractivity contribution in [2.24, 2.45) is 0 Å². The molecule has 0 atom stereocenters. The SMILES string of the molecule is c1ncc(CNCCN2CCCC2)o1. The Labute approximate surface area is 84.3 Å². The summed E-state index contributed by atoms with van der Waals surface area (Å²) in [5.41, 5.74) is 0. The highest BCUT2D eigenvalue weighted by molar-refractivity contribution is 4.87. The number of hydrogen-bond donors (Lipinski definition) is 1. The highest BCUT2D eigenvalue weighted by Gasteiger charge is 2.09. The molecule has 0 aromatic carbocycles. The van der Waals surface area contributed by atoms with Crippen LogP contribution in [-0.4, -0.2) is 36.1 Å². The molecule has 1 saturated heterocycles. The first kappa shape index (κ1) is 9.68. The Hall–Kier alpha value is -0.870. The van der Waals surface area contributed by atoms with Crippen molar-refractivity contribution < 1.29 is 4.42 Å². The lowest BCUT2D eigenvalue weighted by Crippen LogP contribution is -2.29. The summed E-state index contributed by atoms with van der Waals surface area (Å²) in [4.78, 5) is 6.35. The van der Waals surface area contributed by atoms with Gasteiger partial charge in [0.25, 0.3) is 0 Å². The van der Waals surface area contributed by atoms with Gasteiger partial charge in [0.2, 0.25) is 0 Å². The van der Waals surface area contributed by atoms with Crippen LogP contribution in [0.25, 0.3) is 0 Å². The Morgan fingerprint density at radius 3 is 3.00 bits per heavy atom. The van der Waals surface area contributed by atoms with Gasteiger partial charge < -0.3 is 14.6 Å². The molecule has 0 unspecified atom stereocenters. The van der Waals surface area contributed by atoms with E-state index in [0.717, 1.165) is 25.4 Å². The molecule has 0 saturated carbocycles. The van der Waals surface area contributed by atoms with Crippen LogP contribution in [0.1, 0.15) is 18.6 Å². The van der Waals surface area contributed by atoms with Crippen molar-refractivity contribution in [1.29, 1.82) is 0 Å². The van der Waals surface area contributed by atoms with Crippen molar-refractivity contribution in [3.63, 3.8) is 0 Å². The maximum Gasteiger partial charge on any atom is 0.180 e. The van der Waals surface area contributed by atoms with Crippen LogP contribution >= 0.6 is 0 Å². The molecule has 4 nitrogen and oxygen atoms in total. The number of nitrogens with one attached hydrogen (secondary N) is 1. The van der Waals surface area contributed by atoms with E-state index in [-0.39, 0.29) is 0 Å². The molecule has 78 valence electrons. The number of aromatic nitrogens is 1. The average molecular weight is 195 g/mol. The number of hydrogen-bond acceptors (Lipinski definition) is 4. The zero-order valence-corrected chi connectivity index (χ0v) is 8.41. The van der Waals surface area contributed by atoms with Crippen LogP contribution in [0.5, 0.6) is 0 Å². The first-order chi connectivity index (χ1) is 6.95. The molecule has 4 heteroatoms. The van der Waals surface area contributed by atoms with Crippen molar-refractivity contribution in [2.75, 3.05) is 26.2 Å². The van der Waals surface area contributed by atoms with Gasteiger partial charge in [-0.15, -0.1) is 0 Å². The average Bonchev–Trinajstić information content (AvgIpc) is 2.86. The van der Waals surface area contributed by atoms with Gasteiger partial charge in [0.05, 0.1) is 12.7 Å². The molecular weight excluding hydrogens is 178 g/mol. The van der Waals surface area contributed by atoms with E-state index in [0.29, 0.717) is 0 Å². The van der Waals surface area contributed by atoms with Crippen LogP contribution in [-0.2, 0) is 6.54 Å². The number of rotatable bonds is 5. The largest absolute Gasteiger partial charge is 0.447 e. The molecule has 0 spiro atoms.